The van der Waals surface area contributed by atoms with E-state index in [1.54, 1.807) is 12.1 Å². The summed E-state index contributed by atoms with van der Waals surface area (Å²) in [7, 11) is -3.84. The Morgan fingerprint density at radius 3 is 2.42 bits per heavy atom. The fourth-order valence-corrected chi connectivity index (χ4v) is 3.58. The lowest BCUT2D eigenvalue weighted by atomic mass is 10.1. The van der Waals surface area contributed by atoms with Crippen LogP contribution in [0.1, 0.15) is 16.9 Å². The average molecular weight is 450 g/mol. The molecule has 162 valence electrons. The zero-order chi connectivity index (χ0) is 22.5. The van der Waals surface area contributed by atoms with Crippen molar-refractivity contribution in [2.24, 2.45) is 0 Å². The van der Waals surface area contributed by atoms with Crippen LogP contribution in [0.3, 0.4) is 0 Å². The zero-order valence-corrected chi connectivity index (χ0v) is 16.7. The Hall–Kier alpha value is -3.37. The summed E-state index contributed by atoms with van der Waals surface area (Å²) in [6, 6.07) is 13.2. The summed E-state index contributed by atoms with van der Waals surface area (Å²) >= 11 is 0. The average Bonchev–Trinajstić information content (AvgIpc) is 3.24. The monoisotopic (exact) mass is 450 g/mol. The van der Waals surface area contributed by atoms with Crippen LogP contribution in [0.4, 0.5) is 18.9 Å². The van der Waals surface area contributed by atoms with Crippen LogP contribution in [-0.4, -0.2) is 14.3 Å². The number of benzene rings is 2. The normalized spacial score (nSPS) is 12.2. The summed E-state index contributed by atoms with van der Waals surface area (Å²) in [5.74, 6) is -0.126. The highest BCUT2D eigenvalue weighted by Gasteiger charge is 2.29. The molecule has 0 fully saturated rings. The predicted molar refractivity (Wildman–Crippen MR) is 108 cm³/mol. The van der Waals surface area contributed by atoms with Crippen molar-refractivity contribution in [3.8, 4) is 0 Å². The van der Waals surface area contributed by atoms with E-state index < -0.39 is 27.7 Å². The van der Waals surface area contributed by atoms with Gasteiger partial charge in [-0.25, -0.2) is 13.1 Å². The van der Waals surface area contributed by atoms with Gasteiger partial charge in [-0.3, -0.25) is 4.79 Å². The Bertz CT molecular complexity index is 1170. The molecule has 3 aromatic rings. The Kier molecular flexibility index (Phi) is 6.62. The first-order valence-electron chi connectivity index (χ1n) is 8.92. The van der Waals surface area contributed by atoms with Crippen molar-refractivity contribution >= 4 is 27.7 Å². The van der Waals surface area contributed by atoms with Gasteiger partial charge in [-0.2, -0.15) is 13.2 Å². The summed E-state index contributed by atoms with van der Waals surface area (Å²) in [5, 5.41) is 2.51. The minimum absolute atomic E-state index is 0.0260. The van der Waals surface area contributed by atoms with Crippen LogP contribution in [0, 0.1) is 0 Å². The number of rotatable bonds is 7. The van der Waals surface area contributed by atoms with E-state index in [-0.39, 0.29) is 17.1 Å². The van der Waals surface area contributed by atoms with Crippen molar-refractivity contribution in [3.05, 3.63) is 89.9 Å². The van der Waals surface area contributed by atoms with E-state index in [2.05, 4.69) is 10.0 Å². The number of furan rings is 1. The lowest BCUT2D eigenvalue weighted by molar-refractivity contribution is -0.137. The van der Waals surface area contributed by atoms with Crippen LogP contribution in [0.2, 0.25) is 0 Å². The Morgan fingerprint density at radius 2 is 1.77 bits per heavy atom. The number of amides is 1. The molecule has 10 heteroatoms. The fraction of sp³-hybridized carbons (Fsp3) is 0.0952. The Labute approximate surface area is 176 Å². The standard InChI is InChI=1S/C21H17F3N2O4S/c22-21(23,24)16-9-6-15(7-10-16)8-11-20(27)26-17-3-1-5-19(13-17)31(28,29)25-14-18-4-2-12-30-18/h1-13,25H,14H2,(H,26,27)/b11-8+. The molecule has 6 nitrogen and oxygen atoms in total. The quantitative estimate of drug-likeness (QED) is 0.522. The number of nitrogens with one attached hydrogen (secondary N) is 2. The van der Waals surface area contributed by atoms with Gasteiger partial charge in [0.2, 0.25) is 15.9 Å². The van der Waals surface area contributed by atoms with Crippen LogP contribution < -0.4 is 10.0 Å². The highest BCUT2D eigenvalue weighted by molar-refractivity contribution is 7.89. The van der Waals surface area contributed by atoms with Gasteiger partial charge in [-0.15, -0.1) is 0 Å². The van der Waals surface area contributed by atoms with Crippen LogP contribution in [-0.2, 0) is 27.5 Å². The molecule has 3 rings (SSSR count). The van der Waals surface area contributed by atoms with E-state index in [0.29, 0.717) is 11.3 Å². The number of anilines is 1. The highest BCUT2D eigenvalue weighted by Crippen LogP contribution is 2.29. The maximum absolute atomic E-state index is 12.6. The second-order valence-electron chi connectivity index (χ2n) is 6.37. The molecule has 0 spiro atoms. The van der Waals surface area contributed by atoms with Gasteiger partial charge in [-0.1, -0.05) is 18.2 Å². The van der Waals surface area contributed by atoms with Gasteiger partial charge in [0.15, 0.2) is 0 Å². The molecule has 0 aliphatic heterocycles. The first-order chi connectivity index (χ1) is 14.6. The molecule has 0 bridgehead atoms. The van der Waals surface area contributed by atoms with Gasteiger partial charge in [0, 0.05) is 11.8 Å². The maximum atomic E-state index is 12.6. The third-order valence-corrected chi connectivity index (χ3v) is 5.49. The number of alkyl halides is 3. The van der Waals surface area contributed by atoms with Crippen LogP contribution in [0.15, 0.2) is 82.3 Å². The Morgan fingerprint density at radius 1 is 1.03 bits per heavy atom. The first kappa shape index (κ1) is 22.3. The van der Waals surface area contributed by atoms with Crippen molar-refractivity contribution in [1.82, 2.24) is 4.72 Å². The van der Waals surface area contributed by atoms with E-state index in [1.807, 2.05) is 0 Å². The summed E-state index contributed by atoms with van der Waals surface area (Å²) in [4.78, 5) is 12.0. The topological polar surface area (TPSA) is 88.4 Å². The molecule has 1 heterocycles. The minimum atomic E-state index is -4.43. The molecule has 0 radical (unpaired) electrons. The predicted octanol–water partition coefficient (Wildman–Crippen LogP) is 4.43. The molecule has 1 amide bonds. The van der Waals surface area contributed by atoms with Gasteiger partial charge in [0.1, 0.15) is 5.76 Å². The van der Waals surface area contributed by atoms with Crippen LogP contribution in [0.25, 0.3) is 6.08 Å². The van der Waals surface area contributed by atoms with Gasteiger partial charge < -0.3 is 9.73 Å². The molecule has 0 saturated heterocycles. The van der Waals surface area contributed by atoms with E-state index in [0.717, 1.165) is 18.2 Å². The zero-order valence-electron chi connectivity index (χ0n) is 15.9. The number of hydrogen-bond acceptors (Lipinski definition) is 4. The molecule has 0 unspecified atom stereocenters. The number of halogens is 3. The molecule has 0 aliphatic rings. The van der Waals surface area contributed by atoms with Crippen LogP contribution in [0.5, 0.6) is 0 Å². The van der Waals surface area contributed by atoms with E-state index >= 15 is 0 Å². The van der Waals surface area contributed by atoms with E-state index in [9.17, 15) is 26.4 Å². The van der Waals surface area contributed by atoms with Gasteiger partial charge in [-0.05, 0) is 54.1 Å². The van der Waals surface area contributed by atoms with Crippen LogP contribution >= 0.6 is 0 Å². The smallest absolute Gasteiger partial charge is 0.416 e. The molecule has 0 saturated carbocycles. The van der Waals surface area contributed by atoms with Crippen molar-refractivity contribution in [2.75, 3.05) is 5.32 Å². The number of hydrogen-bond donors (Lipinski definition) is 2. The van der Waals surface area contributed by atoms with Crippen molar-refractivity contribution in [3.63, 3.8) is 0 Å². The van der Waals surface area contributed by atoms with Gasteiger partial charge >= 0.3 is 6.18 Å². The maximum Gasteiger partial charge on any atom is 0.416 e. The molecular weight excluding hydrogens is 433 g/mol. The summed E-state index contributed by atoms with van der Waals surface area (Å²) in [6.45, 7) is -0.0260. The third-order valence-electron chi connectivity index (χ3n) is 4.09. The SMILES string of the molecule is O=C(/C=C/c1ccc(C(F)(F)F)cc1)Nc1cccc(S(=O)(=O)NCc2ccco2)c1. The second-order valence-corrected chi connectivity index (χ2v) is 8.14. The molecule has 0 atom stereocenters. The molecular formula is C21H17F3N2O4S. The molecule has 2 aromatic carbocycles. The highest BCUT2D eigenvalue weighted by atomic mass is 32.2. The van der Waals surface area contributed by atoms with Gasteiger partial charge in [0.25, 0.3) is 0 Å². The summed E-state index contributed by atoms with van der Waals surface area (Å²) in [6.07, 6.45) is -0.518. The van der Waals surface area contributed by atoms with Crippen molar-refractivity contribution in [2.45, 2.75) is 17.6 Å². The largest absolute Gasteiger partial charge is 0.468 e. The van der Waals surface area contributed by atoms with Crippen molar-refractivity contribution in [1.29, 1.82) is 0 Å². The minimum Gasteiger partial charge on any atom is -0.468 e. The Balaban J connectivity index is 1.63. The van der Waals surface area contributed by atoms with E-state index in [1.165, 1.54) is 48.7 Å². The van der Waals surface area contributed by atoms with E-state index in [4.69, 9.17) is 4.42 Å². The molecule has 0 aliphatic carbocycles. The molecule has 31 heavy (non-hydrogen) atoms. The van der Waals surface area contributed by atoms with Gasteiger partial charge in [0.05, 0.1) is 23.3 Å². The number of carbonyl (C=O) groups is 1. The second kappa shape index (κ2) is 9.19. The lowest BCUT2D eigenvalue weighted by Crippen LogP contribution is -2.23. The lowest BCUT2D eigenvalue weighted by Gasteiger charge is -2.08. The third kappa shape index (κ3) is 6.30. The molecule has 1 aromatic heterocycles. The fourth-order valence-electron chi connectivity index (χ4n) is 2.54. The molecule has 2 N–H and O–H groups in total. The summed E-state index contributed by atoms with van der Waals surface area (Å²) in [5.41, 5.74) is -0.141. The first-order valence-corrected chi connectivity index (χ1v) is 10.4. The summed E-state index contributed by atoms with van der Waals surface area (Å²) < 4.78 is 70.0. The number of sulfonamides is 1. The van der Waals surface area contributed by atoms with Crippen molar-refractivity contribution < 1.29 is 30.8 Å². The number of carbonyl (C=O) groups excluding carboxylic acids is 1.